The number of aryl methyl sites for hydroxylation is 1. The number of nitrogens with zero attached hydrogens (tertiary/aromatic N) is 3. The summed E-state index contributed by atoms with van der Waals surface area (Å²) in [5.41, 5.74) is 5.04. The van der Waals surface area contributed by atoms with Gasteiger partial charge < -0.3 is 10.0 Å². The van der Waals surface area contributed by atoms with Crippen LogP contribution in [0.3, 0.4) is 0 Å². The van der Waals surface area contributed by atoms with Crippen LogP contribution in [0.25, 0.3) is 5.69 Å². The standard InChI is InChI=1S/C22H27N3O3/c1-15-6-2-3-9-18(15)25-19-10-4-8-17(19)21(23-25)22(28)24-13-5-7-16(14-24)11-12-20(26)27/h2-3,6,9,16H,4-5,7-8,10-14H2,1H3,(H,26,27). The van der Waals surface area contributed by atoms with Gasteiger partial charge in [-0.2, -0.15) is 5.10 Å². The summed E-state index contributed by atoms with van der Waals surface area (Å²) in [4.78, 5) is 26.1. The summed E-state index contributed by atoms with van der Waals surface area (Å²) in [6.45, 7) is 3.43. The molecule has 2 aliphatic rings. The summed E-state index contributed by atoms with van der Waals surface area (Å²) in [5.74, 6) is -0.496. The van der Waals surface area contributed by atoms with E-state index in [4.69, 9.17) is 10.2 Å². The molecule has 0 spiro atoms. The SMILES string of the molecule is Cc1ccccc1-n1nc(C(=O)N2CCCC(CCC(=O)O)C2)c2c1CCC2. The van der Waals surface area contributed by atoms with Gasteiger partial charge in [0, 0.05) is 30.8 Å². The number of hydrogen-bond donors (Lipinski definition) is 1. The predicted molar refractivity (Wildman–Crippen MR) is 106 cm³/mol. The zero-order chi connectivity index (χ0) is 19.7. The van der Waals surface area contributed by atoms with Crippen LogP contribution in [-0.2, 0) is 17.6 Å². The van der Waals surface area contributed by atoms with Crippen LogP contribution in [0.4, 0.5) is 0 Å². The highest BCUT2D eigenvalue weighted by Crippen LogP contribution is 2.30. The number of carbonyl (C=O) groups excluding carboxylic acids is 1. The Labute approximate surface area is 165 Å². The number of carboxylic acid groups (broad SMARTS) is 1. The zero-order valence-electron chi connectivity index (χ0n) is 16.4. The Bertz CT molecular complexity index is 902. The summed E-state index contributed by atoms with van der Waals surface area (Å²) >= 11 is 0. The van der Waals surface area contributed by atoms with Gasteiger partial charge in [-0.25, -0.2) is 4.68 Å². The maximum Gasteiger partial charge on any atom is 0.303 e. The summed E-state index contributed by atoms with van der Waals surface area (Å²) in [5, 5.41) is 13.7. The minimum atomic E-state index is -0.766. The lowest BCUT2D eigenvalue weighted by Gasteiger charge is -2.32. The van der Waals surface area contributed by atoms with Gasteiger partial charge in [-0.3, -0.25) is 9.59 Å². The predicted octanol–water partition coefficient (Wildman–Crippen LogP) is 3.39. The Morgan fingerprint density at radius 3 is 2.82 bits per heavy atom. The van der Waals surface area contributed by atoms with Crippen molar-refractivity contribution in [3.05, 3.63) is 46.8 Å². The topological polar surface area (TPSA) is 75.4 Å². The minimum absolute atomic E-state index is 0.00510. The van der Waals surface area contributed by atoms with Crippen LogP contribution in [0.2, 0.25) is 0 Å². The molecule has 0 radical (unpaired) electrons. The van der Waals surface area contributed by atoms with E-state index in [1.165, 1.54) is 0 Å². The van der Waals surface area contributed by atoms with E-state index >= 15 is 0 Å². The van der Waals surface area contributed by atoms with Crippen LogP contribution in [-0.4, -0.2) is 44.8 Å². The molecule has 0 bridgehead atoms. The van der Waals surface area contributed by atoms with Gasteiger partial charge in [-0.15, -0.1) is 0 Å². The van der Waals surface area contributed by atoms with Crippen LogP contribution in [0.5, 0.6) is 0 Å². The average Bonchev–Trinajstić information content (AvgIpc) is 3.29. The molecule has 6 heteroatoms. The number of piperidine rings is 1. The van der Waals surface area contributed by atoms with Crippen molar-refractivity contribution in [1.29, 1.82) is 0 Å². The fourth-order valence-corrected chi connectivity index (χ4v) is 4.57. The van der Waals surface area contributed by atoms with E-state index in [-0.39, 0.29) is 18.2 Å². The first-order chi connectivity index (χ1) is 13.5. The van der Waals surface area contributed by atoms with Crippen molar-refractivity contribution in [2.45, 2.75) is 51.9 Å². The molecular weight excluding hydrogens is 354 g/mol. The third kappa shape index (κ3) is 3.55. The van der Waals surface area contributed by atoms with Gasteiger partial charge in [0.15, 0.2) is 5.69 Å². The highest BCUT2D eigenvalue weighted by Gasteiger charge is 2.32. The van der Waals surface area contributed by atoms with Gasteiger partial charge in [0.1, 0.15) is 0 Å². The lowest BCUT2D eigenvalue weighted by atomic mass is 9.93. The Balaban J connectivity index is 1.59. The van der Waals surface area contributed by atoms with Crippen molar-refractivity contribution in [3.8, 4) is 5.69 Å². The Morgan fingerprint density at radius 1 is 1.21 bits per heavy atom. The first-order valence-corrected chi connectivity index (χ1v) is 10.2. The molecule has 148 valence electrons. The Hall–Kier alpha value is -2.63. The molecule has 1 saturated heterocycles. The molecule has 0 saturated carbocycles. The summed E-state index contributed by atoms with van der Waals surface area (Å²) in [6, 6.07) is 8.14. The number of aromatic nitrogens is 2. The summed E-state index contributed by atoms with van der Waals surface area (Å²) in [6.07, 6.45) is 5.63. The van der Waals surface area contributed by atoms with Gasteiger partial charge >= 0.3 is 5.97 Å². The lowest BCUT2D eigenvalue weighted by Crippen LogP contribution is -2.40. The molecular formula is C22H27N3O3. The van der Waals surface area contributed by atoms with Gasteiger partial charge in [0.25, 0.3) is 5.91 Å². The first kappa shape index (κ1) is 18.7. The van der Waals surface area contributed by atoms with Crippen molar-refractivity contribution in [1.82, 2.24) is 14.7 Å². The van der Waals surface area contributed by atoms with Crippen LogP contribution in [0, 0.1) is 12.8 Å². The van der Waals surface area contributed by atoms with Crippen molar-refractivity contribution < 1.29 is 14.7 Å². The van der Waals surface area contributed by atoms with Gasteiger partial charge in [0.05, 0.1) is 5.69 Å². The van der Waals surface area contributed by atoms with E-state index in [0.717, 1.165) is 61.2 Å². The molecule has 1 atom stereocenters. The van der Waals surface area contributed by atoms with E-state index in [9.17, 15) is 9.59 Å². The third-order valence-electron chi connectivity index (χ3n) is 6.05. The maximum atomic E-state index is 13.3. The van der Waals surface area contributed by atoms with E-state index in [0.29, 0.717) is 18.7 Å². The molecule has 1 aromatic carbocycles. The molecule has 1 unspecified atom stereocenters. The molecule has 2 aromatic rings. The molecule has 2 heterocycles. The molecule has 4 rings (SSSR count). The maximum absolute atomic E-state index is 13.3. The number of aliphatic carboxylic acids is 1. The van der Waals surface area contributed by atoms with Crippen LogP contribution in [0.15, 0.2) is 24.3 Å². The molecule has 28 heavy (non-hydrogen) atoms. The number of fused-ring (bicyclic) bond motifs is 1. The lowest BCUT2D eigenvalue weighted by molar-refractivity contribution is -0.137. The van der Waals surface area contributed by atoms with Gasteiger partial charge in [0.2, 0.25) is 0 Å². The molecule has 1 amide bonds. The number of likely N-dealkylation sites (tertiary alicyclic amines) is 1. The largest absolute Gasteiger partial charge is 0.481 e. The quantitative estimate of drug-likeness (QED) is 0.861. The number of rotatable bonds is 5. The minimum Gasteiger partial charge on any atom is -0.481 e. The van der Waals surface area contributed by atoms with Crippen LogP contribution >= 0.6 is 0 Å². The number of hydrogen-bond acceptors (Lipinski definition) is 3. The van der Waals surface area contributed by atoms with Crippen molar-refractivity contribution in [2.75, 3.05) is 13.1 Å². The third-order valence-corrected chi connectivity index (χ3v) is 6.05. The highest BCUT2D eigenvalue weighted by molar-refractivity contribution is 5.94. The van der Waals surface area contributed by atoms with E-state index in [1.807, 2.05) is 21.7 Å². The summed E-state index contributed by atoms with van der Waals surface area (Å²) in [7, 11) is 0. The van der Waals surface area contributed by atoms with Crippen LogP contribution in [0.1, 0.15) is 59.4 Å². The molecule has 6 nitrogen and oxygen atoms in total. The summed E-state index contributed by atoms with van der Waals surface area (Å²) < 4.78 is 1.97. The number of benzene rings is 1. The molecule has 1 aliphatic heterocycles. The molecule has 1 aliphatic carbocycles. The first-order valence-electron chi connectivity index (χ1n) is 10.2. The highest BCUT2D eigenvalue weighted by atomic mass is 16.4. The fourth-order valence-electron chi connectivity index (χ4n) is 4.57. The van der Waals surface area contributed by atoms with E-state index in [1.54, 1.807) is 0 Å². The second-order valence-corrected chi connectivity index (χ2v) is 8.02. The van der Waals surface area contributed by atoms with Gasteiger partial charge in [-0.05, 0) is 63.0 Å². The smallest absolute Gasteiger partial charge is 0.303 e. The van der Waals surface area contributed by atoms with Crippen molar-refractivity contribution in [2.24, 2.45) is 5.92 Å². The number of carboxylic acids is 1. The Kier molecular flexibility index (Phi) is 5.20. The zero-order valence-corrected chi connectivity index (χ0v) is 16.4. The number of carbonyl (C=O) groups is 2. The second-order valence-electron chi connectivity index (χ2n) is 8.02. The van der Waals surface area contributed by atoms with Crippen molar-refractivity contribution >= 4 is 11.9 Å². The monoisotopic (exact) mass is 381 g/mol. The second kappa shape index (κ2) is 7.78. The number of amides is 1. The molecule has 1 fully saturated rings. The van der Waals surface area contributed by atoms with E-state index < -0.39 is 5.97 Å². The normalized spacial score (nSPS) is 18.9. The van der Waals surface area contributed by atoms with Crippen molar-refractivity contribution in [3.63, 3.8) is 0 Å². The average molecular weight is 381 g/mol. The van der Waals surface area contributed by atoms with Crippen LogP contribution < -0.4 is 0 Å². The van der Waals surface area contributed by atoms with E-state index in [2.05, 4.69) is 19.1 Å². The number of para-hydroxylation sites is 1. The Morgan fingerprint density at radius 2 is 2.04 bits per heavy atom. The fraction of sp³-hybridized carbons (Fsp3) is 0.500. The van der Waals surface area contributed by atoms with Gasteiger partial charge in [-0.1, -0.05) is 18.2 Å². The molecule has 1 N–H and O–H groups in total. The molecule has 1 aromatic heterocycles.